The monoisotopic (exact) mass is 535 g/mol. The van der Waals surface area contributed by atoms with Crippen molar-refractivity contribution in [2.24, 2.45) is 0 Å². The molecule has 4 aromatic carbocycles. The van der Waals surface area contributed by atoms with Gasteiger partial charge in [0.15, 0.2) is 11.5 Å². The molecule has 0 atom stereocenters. The Morgan fingerprint density at radius 2 is 1.85 bits per heavy atom. The number of amides is 1. The van der Waals surface area contributed by atoms with Gasteiger partial charge in [-0.3, -0.25) is 4.79 Å². The van der Waals surface area contributed by atoms with Crippen molar-refractivity contribution in [2.45, 2.75) is 13.0 Å². The summed E-state index contributed by atoms with van der Waals surface area (Å²) in [6.07, 6.45) is 4.07. The van der Waals surface area contributed by atoms with E-state index in [1.807, 2.05) is 54.7 Å². The van der Waals surface area contributed by atoms with E-state index >= 15 is 0 Å². The number of nitrogens with zero attached hydrogens (tertiary/aromatic N) is 1. The first-order chi connectivity index (χ1) is 19.1. The van der Waals surface area contributed by atoms with Crippen LogP contribution >= 0.6 is 11.6 Å². The third-order valence-electron chi connectivity index (χ3n) is 6.48. The van der Waals surface area contributed by atoms with Crippen molar-refractivity contribution in [1.82, 2.24) is 10.3 Å². The molecular weight excluding hydrogens is 510 g/mol. The fourth-order valence-corrected chi connectivity index (χ4v) is 4.78. The summed E-state index contributed by atoms with van der Waals surface area (Å²) in [6, 6.07) is 27.6. The molecule has 0 unspecified atom stereocenters. The molecule has 0 spiro atoms. The maximum absolute atomic E-state index is 12.7. The molecule has 5 aromatic rings. The molecule has 2 N–H and O–H groups in total. The Balaban J connectivity index is 1.26. The third-order valence-corrected chi connectivity index (χ3v) is 6.76. The summed E-state index contributed by atoms with van der Waals surface area (Å²) < 4.78 is 11.5. The zero-order valence-corrected chi connectivity index (χ0v) is 22.1. The van der Waals surface area contributed by atoms with Crippen LogP contribution in [0.25, 0.3) is 27.8 Å². The van der Waals surface area contributed by atoms with E-state index in [0.717, 1.165) is 32.8 Å². The van der Waals surface area contributed by atoms with E-state index < -0.39 is 5.91 Å². The lowest BCUT2D eigenvalue weighted by Crippen LogP contribution is -2.26. The Labute approximate surface area is 231 Å². The highest BCUT2D eigenvalue weighted by Crippen LogP contribution is 2.37. The quantitative estimate of drug-likeness (QED) is 0.160. The van der Waals surface area contributed by atoms with Gasteiger partial charge in [0.25, 0.3) is 5.91 Å². The van der Waals surface area contributed by atoms with Crippen molar-refractivity contribution in [3.8, 4) is 17.6 Å². The van der Waals surface area contributed by atoms with E-state index in [9.17, 15) is 10.1 Å². The maximum Gasteiger partial charge on any atom is 0.261 e. The second-order valence-electron chi connectivity index (χ2n) is 9.04. The molecule has 0 saturated carbocycles. The molecule has 0 radical (unpaired) electrons. The molecule has 1 amide bonds. The smallest absolute Gasteiger partial charge is 0.261 e. The van der Waals surface area contributed by atoms with Crippen molar-refractivity contribution < 1.29 is 14.3 Å². The molecule has 0 saturated heterocycles. The number of aromatic amines is 1. The molecule has 6 nitrogen and oxygen atoms in total. The van der Waals surface area contributed by atoms with Crippen molar-refractivity contribution in [1.29, 1.82) is 5.26 Å². The van der Waals surface area contributed by atoms with Gasteiger partial charge < -0.3 is 19.8 Å². The summed E-state index contributed by atoms with van der Waals surface area (Å²) in [6.45, 7) is 0.698. The first-order valence-electron chi connectivity index (χ1n) is 12.5. The number of nitrogens with one attached hydrogen (secondary N) is 2. The fraction of sp³-hybridized carbons (Fsp3) is 0.125. The second-order valence-corrected chi connectivity index (χ2v) is 9.45. The lowest BCUT2D eigenvalue weighted by molar-refractivity contribution is -0.117. The predicted octanol–water partition coefficient (Wildman–Crippen LogP) is 6.83. The zero-order valence-electron chi connectivity index (χ0n) is 21.3. The van der Waals surface area contributed by atoms with Crippen LogP contribution in [0.5, 0.6) is 11.5 Å². The number of halogens is 1. The van der Waals surface area contributed by atoms with Crippen molar-refractivity contribution in [2.75, 3.05) is 13.7 Å². The molecule has 194 valence electrons. The van der Waals surface area contributed by atoms with Gasteiger partial charge in [-0.05, 0) is 64.2 Å². The van der Waals surface area contributed by atoms with E-state index in [1.54, 1.807) is 12.1 Å². The molecule has 0 fully saturated rings. The van der Waals surface area contributed by atoms with E-state index in [1.165, 1.54) is 13.2 Å². The summed E-state index contributed by atoms with van der Waals surface area (Å²) >= 11 is 6.55. The van der Waals surface area contributed by atoms with Gasteiger partial charge in [-0.1, -0.05) is 66.2 Å². The number of carbonyl (C=O) groups excluding carboxylic acids is 1. The lowest BCUT2D eigenvalue weighted by Gasteiger charge is -2.14. The van der Waals surface area contributed by atoms with Gasteiger partial charge >= 0.3 is 0 Å². The average molecular weight is 536 g/mol. The van der Waals surface area contributed by atoms with Crippen LogP contribution in [0.2, 0.25) is 5.02 Å². The summed E-state index contributed by atoms with van der Waals surface area (Å²) in [4.78, 5) is 16.0. The van der Waals surface area contributed by atoms with Crippen LogP contribution in [0, 0.1) is 11.3 Å². The molecule has 1 aromatic heterocycles. The Morgan fingerprint density at radius 1 is 1.05 bits per heavy atom. The van der Waals surface area contributed by atoms with Crippen LogP contribution in [0.4, 0.5) is 0 Å². The minimum Gasteiger partial charge on any atom is -0.493 e. The third kappa shape index (κ3) is 5.90. The normalized spacial score (nSPS) is 11.4. The molecule has 5 rings (SSSR count). The highest BCUT2D eigenvalue weighted by molar-refractivity contribution is 6.32. The van der Waals surface area contributed by atoms with Gasteiger partial charge in [-0.25, -0.2) is 0 Å². The van der Waals surface area contributed by atoms with E-state index in [-0.39, 0.29) is 5.57 Å². The molecule has 1 heterocycles. The van der Waals surface area contributed by atoms with Gasteiger partial charge in [0, 0.05) is 23.6 Å². The topological polar surface area (TPSA) is 87.1 Å². The zero-order chi connectivity index (χ0) is 27.2. The highest BCUT2D eigenvalue weighted by atomic mass is 35.5. The number of carbonyl (C=O) groups is 1. The van der Waals surface area contributed by atoms with Crippen LogP contribution in [0.1, 0.15) is 16.7 Å². The second kappa shape index (κ2) is 11.8. The number of rotatable bonds is 9. The SMILES string of the molecule is COc1cc(/C=C(/C#N)C(=O)NCCc2c[nH]c3ccccc23)cc(Cl)c1OCc1ccc2ccccc2c1. The minimum atomic E-state index is -0.455. The van der Waals surface area contributed by atoms with Gasteiger partial charge in [0.1, 0.15) is 18.2 Å². The average Bonchev–Trinajstić information content (AvgIpc) is 3.37. The molecule has 0 aliphatic heterocycles. The number of hydrogen-bond donors (Lipinski definition) is 2. The molecule has 0 aliphatic carbocycles. The molecule has 0 bridgehead atoms. The van der Waals surface area contributed by atoms with Crippen molar-refractivity contribution in [3.63, 3.8) is 0 Å². The van der Waals surface area contributed by atoms with Crippen molar-refractivity contribution >= 4 is 45.3 Å². The molecule has 7 heteroatoms. The molecule has 0 aliphatic rings. The number of aromatic nitrogens is 1. The summed E-state index contributed by atoms with van der Waals surface area (Å²) in [5.74, 6) is 0.349. The minimum absolute atomic E-state index is 0.0307. The van der Waals surface area contributed by atoms with Crippen LogP contribution in [-0.4, -0.2) is 24.5 Å². The first kappa shape index (κ1) is 25.9. The first-order valence-corrected chi connectivity index (χ1v) is 12.9. The number of ether oxygens (including phenoxy) is 2. The lowest BCUT2D eigenvalue weighted by atomic mass is 10.1. The Morgan fingerprint density at radius 3 is 2.67 bits per heavy atom. The number of para-hydroxylation sites is 1. The van der Waals surface area contributed by atoms with Gasteiger partial charge in [0.2, 0.25) is 0 Å². The number of hydrogen-bond acceptors (Lipinski definition) is 4. The van der Waals surface area contributed by atoms with Crippen LogP contribution in [0.15, 0.2) is 90.6 Å². The number of benzene rings is 4. The fourth-order valence-electron chi connectivity index (χ4n) is 4.51. The Bertz CT molecular complexity index is 1730. The number of methoxy groups -OCH3 is 1. The Kier molecular flexibility index (Phi) is 7.81. The van der Waals surface area contributed by atoms with Crippen molar-refractivity contribution in [3.05, 3.63) is 112 Å². The molecular formula is C32H26ClN3O3. The number of nitriles is 1. The highest BCUT2D eigenvalue weighted by Gasteiger charge is 2.15. The number of fused-ring (bicyclic) bond motifs is 2. The molecule has 39 heavy (non-hydrogen) atoms. The van der Waals surface area contributed by atoms with E-state index in [4.69, 9.17) is 21.1 Å². The van der Waals surface area contributed by atoms with Crippen LogP contribution in [0.3, 0.4) is 0 Å². The predicted molar refractivity (Wildman–Crippen MR) is 155 cm³/mol. The van der Waals surface area contributed by atoms with E-state index in [0.29, 0.717) is 41.7 Å². The van der Waals surface area contributed by atoms with E-state index in [2.05, 4.69) is 34.6 Å². The van der Waals surface area contributed by atoms with Gasteiger partial charge in [-0.2, -0.15) is 5.26 Å². The largest absolute Gasteiger partial charge is 0.493 e. The number of H-pyrrole nitrogens is 1. The maximum atomic E-state index is 12.7. The van der Waals surface area contributed by atoms with Crippen LogP contribution in [-0.2, 0) is 17.8 Å². The van der Waals surface area contributed by atoms with Gasteiger partial charge in [0.05, 0.1) is 12.1 Å². The summed E-state index contributed by atoms with van der Waals surface area (Å²) in [7, 11) is 1.52. The summed E-state index contributed by atoms with van der Waals surface area (Å²) in [5, 5.41) is 16.2. The van der Waals surface area contributed by atoms with Gasteiger partial charge in [-0.15, -0.1) is 0 Å². The standard InChI is InChI=1S/C32H26ClN3O3/c1-38-30-17-22(16-28(33)31(30)39-20-21-10-11-23-6-2-3-7-24(23)14-21)15-26(18-34)32(37)35-13-12-25-19-36-29-9-5-4-8-27(25)29/h2-11,14-17,19,36H,12-13,20H2,1H3,(H,35,37)/b26-15-. The Hall–Kier alpha value is -4.73. The summed E-state index contributed by atoms with van der Waals surface area (Å²) in [5.41, 5.74) is 3.66. The van der Waals surface area contributed by atoms with Crippen LogP contribution < -0.4 is 14.8 Å².